The lowest BCUT2D eigenvalue weighted by Crippen LogP contribution is -2.38. The molecule has 0 amide bonds. The average molecular weight is 310 g/mol. The van der Waals surface area contributed by atoms with E-state index in [1.165, 1.54) is 25.7 Å². The van der Waals surface area contributed by atoms with Crippen molar-refractivity contribution in [1.82, 2.24) is 14.9 Å². The maximum Gasteiger partial charge on any atom is 0.145 e. The van der Waals surface area contributed by atoms with Gasteiger partial charge in [-0.25, -0.2) is 9.97 Å². The minimum Gasteiger partial charge on any atom is -0.296 e. The highest BCUT2D eigenvalue weighted by Crippen LogP contribution is 2.29. The molecule has 5 heteroatoms. The van der Waals surface area contributed by atoms with Gasteiger partial charge in [-0.05, 0) is 37.3 Å². The van der Waals surface area contributed by atoms with E-state index in [1.807, 2.05) is 11.4 Å². The summed E-state index contributed by atoms with van der Waals surface area (Å²) in [5.41, 5.74) is 0. The molecule has 0 radical (unpaired) electrons. The molecule has 1 fully saturated rings. The molecule has 0 bridgehead atoms. The van der Waals surface area contributed by atoms with E-state index >= 15 is 0 Å². The summed E-state index contributed by atoms with van der Waals surface area (Å²) >= 11 is 7.86. The minimum absolute atomic E-state index is 0.580. The van der Waals surface area contributed by atoms with Crippen molar-refractivity contribution in [2.75, 3.05) is 7.05 Å². The van der Waals surface area contributed by atoms with E-state index in [0.29, 0.717) is 11.2 Å². The molecule has 0 N–H and O–H groups in total. The largest absolute Gasteiger partial charge is 0.296 e. The first-order valence-electron chi connectivity index (χ1n) is 7.25. The van der Waals surface area contributed by atoms with Gasteiger partial charge in [0, 0.05) is 11.4 Å². The van der Waals surface area contributed by atoms with Crippen LogP contribution in [0.3, 0.4) is 0 Å². The van der Waals surface area contributed by atoms with Crippen LogP contribution < -0.4 is 0 Å². The third kappa shape index (κ3) is 2.83. The maximum absolute atomic E-state index is 6.24. The van der Waals surface area contributed by atoms with Crippen molar-refractivity contribution in [2.45, 2.75) is 45.2 Å². The summed E-state index contributed by atoms with van der Waals surface area (Å²) in [6.07, 6.45) is 5.33. The molecule has 2 aromatic heterocycles. The molecular formula is C15H20ClN3S. The summed E-state index contributed by atoms with van der Waals surface area (Å²) in [4.78, 5) is 12.5. The van der Waals surface area contributed by atoms with Crippen molar-refractivity contribution < 1.29 is 0 Å². The quantitative estimate of drug-likeness (QED) is 0.789. The first kappa shape index (κ1) is 14.2. The zero-order chi connectivity index (χ0) is 14.1. The highest BCUT2D eigenvalue weighted by Gasteiger charge is 2.25. The predicted octanol–water partition coefficient (Wildman–Crippen LogP) is 4.36. The van der Waals surface area contributed by atoms with E-state index in [1.54, 1.807) is 11.3 Å². The van der Waals surface area contributed by atoms with Crippen molar-refractivity contribution >= 4 is 33.2 Å². The fraction of sp³-hybridized carbons (Fsp3) is 0.600. The Bertz CT molecular complexity index is 598. The molecule has 0 saturated heterocycles. The standard InChI is InChI=1S/C15H20ClN3S/c1-10-5-3-4-6-12(10)19(2)9-13-17-14(16)11-7-8-20-15(11)18-13/h7-8,10,12H,3-6,9H2,1-2H3. The summed E-state index contributed by atoms with van der Waals surface area (Å²) in [5.74, 6) is 1.60. The van der Waals surface area contributed by atoms with Crippen molar-refractivity contribution in [3.05, 3.63) is 22.4 Å². The monoisotopic (exact) mass is 309 g/mol. The first-order valence-corrected chi connectivity index (χ1v) is 8.51. The van der Waals surface area contributed by atoms with E-state index in [2.05, 4.69) is 28.8 Å². The fourth-order valence-corrected chi connectivity index (χ4v) is 4.31. The van der Waals surface area contributed by atoms with E-state index in [9.17, 15) is 0 Å². The van der Waals surface area contributed by atoms with Crippen LogP contribution >= 0.6 is 22.9 Å². The average Bonchev–Trinajstić information content (AvgIpc) is 2.88. The van der Waals surface area contributed by atoms with Gasteiger partial charge in [0.2, 0.25) is 0 Å². The lowest BCUT2D eigenvalue weighted by atomic mass is 9.85. The number of aromatic nitrogens is 2. The van der Waals surface area contributed by atoms with Gasteiger partial charge in [-0.15, -0.1) is 11.3 Å². The molecule has 108 valence electrons. The molecular weight excluding hydrogens is 290 g/mol. The van der Waals surface area contributed by atoms with Gasteiger partial charge in [0.05, 0.1) is 6.54 Å². The highest BCUT2D eigenvalue weighted by atomic mass is 35.5. The number of rotatable bonds is 3. The predicted molar refractivity (Wildman–Crippen MR) is 85.3 cm³/mol. The van der Waals surface area contributed by atoms with E-state index in [-0.39, 0.29) is 0 Å². The molecule has 0 aromatic carbocycles. The van der Waals surface area contributed by atoms with Crippen LogP contribution in [0.25, 0.3) is 10.2 Å². The SMILES string of the molecule is CC1CCCCC1N(C)Cc1nc(Cl)c2ccsc2n1. The van der Waals surface area contributed by atoms with E-state index in [4.69, 9.17) is 11.6 Å². The minimum atomic E-state index is 0.580. The molecule has 1 aliphatic carbocycles. The van der Waals surface area contributed by atoms with Crippen LogP contribution in [0, 0.1) is 5.92 Å². The number of nitrogens with zero attached hydrogens (tertiary/aromatic N) is 3. The molecule has 2 unspecified atom stereocenters. The third-order valence-electron chi connectivity index (χ3n) is 4.35. The summed E-state index contributed by atoms with van der Waals surface area (Å²) in [5, 5.41) is 3.56. The number of halogens is 1. The second kappa shape index (κ2) is 5.96. The smallest absolute Gasteiger partial charge is 0.145 e. The van der Waals surface area contributed by atoms with E-state index < -0.39 is 0 Å². The lowest BCUT2D eigenvalue weighted by molar-refractivity contribution is 0.130. The van der Waals surface area contributed by atoms with Gasteiger partial charge in [0.25, 0.3) is 0 Å². The molecule has 2 aromatic rings. The Morgan fingerprint density at radius 1 is 1.35 bits per heavy atom. The molecule has 3 nitrogen and oxygen atoms in total. The Labute approximate surface area is 129 Å². The molecule has 1 saturated carbocycles. The molecule has 0 aliphatic heterocycles. The van der Waals surface area contributed by atoms with Crippen LogP contribution in [-0.4, -0.2) is 28.0 Å². The van der Waals surface area contributed by atoms with Crippen LogP contribution in [-0.2, 0) is 6.54 Å². The van der Waals surface area contributed by atoms with Crippen LogP contribution in [0.15, 0.2) is 11.4 Å². The Balaban J connectivity index is 1.78. The zero-order valence-corrected chi connectivity index (χ0v) is 13.5. The molecule has 3 rings (SSSR count). The van der Waals surface area contributed by atoms with Crippen LogP contribution in [0.5, 0.6) is 0 Å². The van der Waals surface area contributed by atoms with Crippen molar-refractivity contribution in [3.63, 3.8) is 0 Å². The number of thiophene rings is 1. The lowest BCUT2D eigenvalue weighted by Gasteiger charge is -2.35. The van der Waals surface area contributed by atoms with Crippen LogP contribution in [0.4, 0.5) is 0 Å². The van der Waals surface area contributed by atoms with Gasteiger partial charge in [-0.2, -0.15) is 0 Å². The second-order valence-corrected chi connectivity index (χ2v) is 7.07. The Kier molecular flexibility index (Phi) is 4.24. The summed E-state index contributed by atoms with van der Waals surface area (Å²) in [7, 11) is 2.18. The van der Waals surface area contributed by atoms with Crippen LogP contribution in [0.2, 0.25) is 5.15 Å². The number of fused-ring (bicyclic) bond motifs is 1. The van der Waals surface area contributed by atoms with Gasteiger partial charge in [-0.3, -0.25) is 4.90 Å². The van der Waals surface area contributed by atoms with Gasteiger partial charge in [0.15, 0.2) is 0 Å². The highest BCUT2D eigenvalue weighted by molar-refractivity contribution is 7.16. The number of hydrogen-bond donors (Lipinski definition) is 0. The Morgan fingerprint density at radius 3 is 2.95 bits per heavy atom. The van der Waals surface area contributed by atoms with E-state index in [0.717, 1.165) is 28.5 Å². The van der Waals surface area contributed by atoms with Gasteiger partial charge >= 0.3 is 0 Å². The van der Waals surface area contributed by atoms with Gasteiger partial charge in [0.1, 0.15) is 15.8 Å². The van der Waals surface area contributed by atoms with Gasteiger partial charge in [-0.1, -0.05) is 31.4 Å². The first-order chi connectivity index (χ1) is 9.65. The van der Waals surface area contributed by atoms with Crippen LogP contribution in [0.1, 0.15) is 38.4 Å². The molecule has 0 spiro atoms. The summed E-state index contributed by atoms with van der Waals surface area (Å²) in [6, 6.07) is 2.63. The molecule has 2 heterocycles. The van der Waals surface area contributed by atoms with Crippen molar-refractivity contribution in [1.29, 1.82) is 0 Å². The van der Waals surface area contributed by atoms with Gasteiger partial charge < -0.3 is 0 Å². The normalized spacial score (nSPS) is 23.6. The third-order valence-corrected chi connectivity index (χ3v) is 5.44. The number of hydrogen-bond acceptors (Lipinski definition) is 4. The zero-order valence-electron chi connectivity index (χ0n) is 12.0. The Morgan fingerprint density at radius 2 is 2.15 bits per heavy atom. The Hall–Kier alpha value is -0.710. The molecule has 2 atom stereocenters. The summed E-state index contributed by atoms with van der Waals surface area (Å²) < 4.78 is 0. The molecule has 1 aliphatic rings. The fourth-order valence-electron chi connectivity index (χ4n) is 3.22. The van der Waals surface area contributed by atoms with Crippen molar-refractivity contribution in [2.24, 2.45) is 5.92 Å². The second-order valence-electron chi connectivity index (χ2n) is 5.81. The van der Waals surface area contributed by atoms with Crippen molar-refractivity contribution in [3.8, 4) is 0 Å². The topological polar surface area (TPSA) is 29.0 Å². The molecule has 20 heavy (non-hydrogen) atoms. The maximum atomic E-state index is 6.24. The summed E-state index contributed by atoms with van der Waals surface area (Å²) in [6.45, 7) is 3.14.